The Morgan fingerprint density at radius 3 is 1.47 bits per heavy atom. The molecule has 166 valence electrons. The number of rotatable bonds is 5. The van der Waals surface area contributed by atoms with Gasteiger partial charge in [0, 0.05) is 0 Å². The Hall–Kier alpha value is -3.67. The first-order valence-electron chi connectivity index (χ1n) is 12.0. The van der Waals surface area contributed by atoms with Crippen molar-refractivity contribution in [3.05, 3.63) is 133 Å². The summed E-state index contributed by atoms with van der Waals surface area (Å²) in [5.41, 5.74) is 2.62. The van der Waals surface area contributed by atoms with Crippen LogP contribution in [0.2, 0.25) is 0 Å². The minimum atomic E-state index is -2.51. The molecule has 0 aliphatic carbocycles. The summed E-state index contributed by atoms with van der Waals surface area (Å²) in [5.74, 6) is 0. The summed E-state index contributed by atoms with van der Waals surface area (Å²) in [6, 6.07) is 49.5. The second-order valence-corrected chi connectivity index (χ2v) is 12.7. The Morgan fingerprint density at radius 1 is 0.471 bits per heavy atom. The van der Waals surface area contributed by atoms with Gasteiger partial charge in [0.05, 0.1) is 0 Å². The second-order valence-electron chi connectivity index (χ2n) is 8.84. The van der Waals surface area contributed by atoms with E-state index in [9.17, 15) is 0 Å². The van der Waals surface area contributed by atoms with E-state index in [0.717, 1.165) is 6.54 Å². The molecule has 1 aromatic heterocycles. The first-order valence-corrected chi connectivity index (χ1v) is 14.0. The van der Waals surface area contributed by atoms with Crippen LogP contribution in [0, 0.1) is 0 Å². The van der Waals surface area contributed by atoms with Crippen molar-refractivity contribution >= 4 is 50.3 Å². The molecule has 0 saturated carbocycles. The first kappa shape index (κ1) is 20.9. The van der Waals surface area contributed by atoms with E-state index in [2.05, 4.69) is 145 Å². The summed E-state index contributed by atoms with van der Waals surface area (Å²) in [6.07, 6.45) is 0. The SMILES string of the molecule is CCn1c2ccccc2c2cc([PH](c3ccccc3)(c3ccccc3)c3ccccc3)ccc21. The van der Waals surface area contributed by atoms with Gasteiger partial charge in [0.1, 0.15) is 0 Å². The first-order chi connectivity index (χ1) is 16.8. The molecule has 34 heavy (non-hydrogen) atoms. The molecule has 0 bridgehead atoms. The Labute approximate surface area is 201 Å². The molecule has 0 N–H and O–H groups in total. The molecule has 0 amide bonds. The molecular weight excluding hydrogens is 429 g/mol. The summed E-state index contributed by atoms with van der Waals surface area (Å²) < 4.78 is 2.44. The molecule has 0 fully saturated rings. The average molecular weight is 458 g/mol. The third-order valence-corrected chi connectivity index (χ3v) is 11.9. The van der Waals surface area contributed by atoms with Crippen LogP contribution in [0.4, 0.5) is 0 Å². The number of hydrogen-bond acceptors (Lipinski definition) is 0. The molecular formula is C32H28NP. The maximum absolute atomic E-state index is 2.51. The van der Waals surface area contributed by atoms with Gasteiger partial charge in [-0.15, -0.1) is 0 Å². The molecule has 1 nitrogen and oxygen atoms in total. The predicted molar refractivity (Wildman–Crippen MR) is 151 cm³/mol. The Balaban J connectivity index is 1.76. The molecule has 0 radical (unpaired) electrons. The Bertz CT molecular complexity index is 1470. The van der Waals surface area contributed by atoms with Crippen LogP contribution < -0.4 is 21.2 Å². The van der Waals surface area contributed by atoms with Gasteiger partial charge < -0.3 is 0 Å². The molecule has 0 spiro atoms. The zero-order valence-corrected chi connectivity index (χ0v) is 20.4. The van der Waals surface area contributed by atoms with E-state index in [-0.39, 0.29) is 0 Å². The van der Waals surface area contributed by atoms with Crippen LogP contribution in [0.3, 0.4) is 0 Å². The maximum atomic E-state index is 2.49. The van der Waals surface area contributed by atoms with E-state index in [1.165, 1.54) is 43.0 Å². The number of aromatic nitrogens is 1. The van der Waals surface area contributed by atoms with Crippen molar-refractivity contribution in [2.24, 2.45) is 0 Å². The Morgan fingerprint density at radius 2 is 0.941 bits per heavy atom. The average Bonchev–Trinajstić information content (AvgIpc) is 3.24. The number of aryl methyl sites for hydroxylation is 1. The van der Waals surface area contributed by atoms with Crippen molar-refractivity contribution < 1.29 is 0 Å². The summed E-state index contributed by atoms with van der Waals surface area (Å²) in [5, 5.41) is 8.32. The van der Waals surface area contributed by atoms with Gasteiger partial charge in [0.15, 0.2) is 0 Å². The fraction of sp³-hybridized carbons (Fsp3) is 0.0625. The quantitative estimate of drug-likeness (QED) is 0.273. The molecule has 0 saturated heterocycles. The van der Waals surface area contributed by atoms with E-state index in [4.69, 9.17) is 0 Å². The third kappa shape index (κ3) is 3.12. The van der Waals surface area contributed by atoms with Gasteiger partial charge in [-0.2, -0.15) is 0 Å². The molecule has 6 rings (SSSR count). The standard InChI is InChI=1S/C32H28NP/c1-2-33-31-21-13-12-20-29(31)30-24-28(22-23-32(30)33)34(25-14-6-3-7-15-25,26-16-8-4-9-17-26)27-18-10-5-11-19-27/h3-24,34H,2H2,1H3. The van der Waals surface area contributed by atoms with Gasteiger partial charge in [0.25, 0.3) is 0 Å². The number of benzene rings is 5. The van der Waals surface area contributed by atoms with Gasteiger partial charge in [-0.1, -0.05) is 0 Å². The number of nitrogens with zero attached hydrogens (tertiary/aromatic N) is 1. The van der Waals surface area contributed by atoms with E-state index < -0.39 is 7.26 Å². The van der Waals surface area contributed by atoms with Gasteiger partial charge in [0.2, 0.25) is 0 Å². The number of para-hydroxylation sites is 1. The summed E-state index contributed by atoms with van der Waals surface area (Å²) >= 11 is 0. The van der Waals surface area contributed by atoms with Crippen molar-refractivity contribution in [3.8, 4) is 0 Å². The molecule has 0 atom stereocenters. The van der Waals surface area contributed by atoms with Gasteiger partial charge in [-0.25, -0.2) is 0 Å². The van der Waals surface area contributed by atoms with Gasteiger partial charge >= 0.3 is 202 Å². The van der Waals surface area contributed by atoms with Crippen LogP contribution in [-0.2, 0) is 6.54 Å². The van der Waals surface area contributed by atoms with Crippen LogP contribution in [-0.4, -0.2) is 4.57 Å². The molecule has 2 heteroatoms. The Kier molecular flexibility index (Phi) is 5.28. The zero-order chi connectivity index (χ0) is 23.0. The van der Waals surface area contributed by atoms with Crippen molar-refractivity contribution in [1.82, 2.24) is 4.57 Å². The summed E-state index contributed by atoms with van der Waals surface area (Å²) in [6.45, 7) is 3.19. The molecule has 6 aromatic rings. The van der Waals surface area contributed by atoms with Crippen molar-refractivity contribution in [2.75, 3.05) is 0 Å². The molecule has 0 unspecified atom stereocenters. The fourth-order valence-electron chi connectivity index (χ4n) is 5.69. The van der Waals surface area contributed by atoms with Crippen LogP contribution in [0.25, 0.3) is 21.8 Å². The van der Waals surface area contributed by atoms with Crippen LogP contribution >= 0.6 is 7.26 Å². The number of fused-ring (bicyclic) bond motifs is 3. The molecule has 1 heterocycles. The van der Waals surface area contributed by atoms with Crippen molar-refractivity contribution in [2.45, 2.75) is 13.5 Å². The molecule has 0 aliphatic rings. The normalized spacial score (nSPS) is 12.3. The van der Waals surface area contributed by atoms with Gasteiger partial charge in [-0.05, 0) is 0 Å². The molecule has 5 aromatic carbocycles. The minimum absolute atomic E-state index is 0.960. The summed E-state index contributed by atoms with van der Waals surface area (Å²) in [4.78, 5) is 0. The van der Waals surface area contributed by atoms with E-state index in [0.29, 0.717) is 0 Å². The van der Waals surface area contributed by atoms with Crippen LogP contribution in [0.5, 0.6) is 0 Å². The summed E-state index contributed by atoms with van der Waals surface area (Å²) in [7, 11) is -2.51. The van der Waals surface area contributed by atoms with Gasteiger partial charge in [-0.3, -0.25) is 0 Å². The topological polar surface area (TPSA) is 4.93 Å². The molecule has 0 aliphatic heterocycles. The zero-order valence-electron chi connectivity index (χ0n) is 19.4. The number of hydrogen-bond donors (Lipinski definition) is 0. The van der Waals surface area contributed by atoms with E-state index in [1.807, 2.05) is 0 Å². The monoisotopic (exact) mass is 457 g/mol. The van der Waals surface area contributed by atoms with Crippen molar-refractivity contribution in [3.63, 3.8) is 0 Å². The second kappa shape index (κ2) is 8.60. The van der Waals surface area contributed by atoms with Crippen molar-refractivity contribution in [1.29, 1.82) is 0 Å². The predicted octanol–water partition coefficient (Wildman–Crippen LogP) is 6.17. The van der Waals surface area contributed by atoms with Crippen LogP contribution in [0.1, 0.15) is 6.92 Å². The third-order valence-electron chi connectivity index (χ3n) is 7.14. The van der Waals surface area contributed by atoms with E-state index in [1.54, 1.807) is 0 Å². The fourth-order valence-corrected chi connectivity index (χ4v) is 10.5. The van der Waals surface area contributed by atoms with Crippen LogP contribution in [0.15, 0.2) is 133 Å². The van der Waals surface area contributed by atoms with E-state index >= 15 is 0 Å².